The van der Waals surface area contributed by atoms with Crippen molar-refractivity contribution >= 4 is 11.6 Å². The average Bonchev–Trinajstić information content (AvgIpc) is 3.19. The van der Waals surface area contributed by atoms with E-state index in [1.165, 1.54) is 0 Å². The fourth-order valence-corrected chi connectivity index (χ4v) is 4.10. The van der Waals surface area contributed by atoms with Crippen molar-refractivity contribution in [2.75, 3.05) is 13.7 Å². The second-order valence-electron chi connectivity index (χ2n) is 7.92. The summed E-state index contributed by atoms with van der Waals surface area (Å²) in [7, 11) is 1.69. The molecule has 0 unspecified atom stereocenters. The summed E-state index contributed by atoms with van der Waals surface area (Å²) < 4.78 is 13.6. The third kappa shape index (κ3) is 4.19. The minimum Gasteiger partial charge on any atom is -0.494 e. The molecule has 0 radical (unpaired) electrons. The van der Waals surface area contributed by atoms with Crippen molar-refractivity contribution in [3.8, 4) is 22.7 Å². The molecule has 152 valence electrons. The Kier molecular flexibility index (Phi) is 5.93. The van der Waals surface area contributed by atoms with Gasteiger partial charge in [-0.2, -0.15) is 5.10 Å². The second kappa shape index (κ2) is 8.60. The maximum absolute atomic E-state index is 6.12. The van der Waals surface area contributed by atoms with Crippen LogP contribution >= 0.6 is 11.6 Å². The van der Waals surface area contributed by atoms with Crippen LogP contribution in [0.5, 0.6) is 5.75 Å². The Balaban J connectivity index is 1.80. The summed E-state index contributed by atoms with van der Waals surface area (Å²) in [6, 6.07) is 18.1. The summed E-state index contributed by atoms with van der Waals surface area (Å²) >= 11 is 6.12. The number of ether oxygens (including phenoxy) is 2. The van der Waals surface area contributed by atoms with Gasteiger partial charge in [0.1, 0.15) is 11.4 Å². The number of aromatic nitrogens is 2. The molecule has 5 heteroatoms. The molecule has 1 saturated heterocycles. The molecule has 29 heavy (non-hydrogen) atoms. The zero-order valence-corrected chi connectivity index (χ0v) is 17.9. The lowest BCUT2D eigenvalue weighted by Gasteiger charge is -2.31. The molecule has 2 atom stereocenters. The van der Waals surface area contributed by atoms with Crippen LogP contribution in [0.25, 0.3) is 16.9 Å². The number of rotatable bonds is 5. The zero-order chi connectivity index (χ0) is 20.4. The van der Waals surface area contributed by atoms with E-state index in [1.807, 2.05) is 53.2 Å². The molecule has 0 amide bonds. The predicted molar refractivity (Wildman–Crippen MR) is 117 cm³/mol. The topological polar surface area (TPSA) is 36.3 Å². The fourth-order valence-electron chi connectivity index (χ4n) is 3.97. The van der Waals surface area contributed by atoms with E-state index < -0.39 is 0 Å². The summed E-state index contributed by atoms with van der Waals surface area (Å²) in [6.45, 7) is 5.23. The minimum atomic E-state index is 0.282. The van der Waals surface area contributed by atoms with E-state index in [-0.39, 0.29) is 6.10 Å². The molecule has 1 aliphatic rings. The lowest BCUT2D eigenvalue weighted by molar-refractivity contribution is -0.0207. The van der Waals surface area contributed by atoms with Crippen LogP contribution in [0.1, 0.15) is 38.3 Å². The van der Waals surface area contributed by atoms with Gasteiger partial charge in [-0.3, -0.25) is 0 Å². The fraction of sp³-hybridized carbons (Fsp3) is 0.375. The number of nitrogens with zero attached hydrogens (tertiary/aromatic N) is 2. The largest absolute Gasteiger partial charge is 0.494 e. The van der Waals surface area contributed by atoms with Gasteiger partial charge in [-0.05, 0) is 49.1 Å². The smallest absolute Gasteiger partial charge is 0.144 e. The Morgan fingerprint density at radius 2 is 1.90 bits per heavy atom. The Labute approximate surface area is 177 Å². The number of methoxy groups -OCH3 is 1. The van der Waals surface area contributed by atoms with Gasteiger partial charge in [0.25, 0.3) is 0 Å². The maximum Gasteiger partial charge on any atom is 0.144 e. The lowest BCUT2D eigenvalue weighted by atomic mass is 9.88. The first kappa shape index (κ1) is 20.0. The molecule has 4 rings (SSSR count). The highest BCUT2D eigenvalue weighted by Gasteiger charge is 2.28. The highest BCUT2D eigenvalue weighted by Crippen LogP contribution is 2.36. The van der Waals surface area contributed by atoms with E-state index in [4.69, 9.17) is 26.2 Å². The van der Waals surface area contributed by atoms with Gasteiger partial charge in [0.05, 0.1) is 24.6 Å². The van der Waals surface area contributed by atoms with E-state index in [2.05, 4.69) is 19.9 Å². The van der Waals surface area contributed by atoms with E-state index in [9.17, 15) is 0 Å². The first-order valence-corrected chi connectivity index (χ1v) is 10.6. The highest BCUT2D eigenvalue weighted by molar-refractivity contribution is 6.30. The van der Waals surface area contributed by atoms with Gasteiger partial charge in [-0.15, -0.1) is 0 Å². The normalized spacial score (nSPS) is 19.5. The molecule has 0 aliphatic carbocycles. The van der Waals surface area contributed by atoms with E-state index in [0.29, 0.717) is 11.8 Å². The van der Waals surface area contributed by atoms with Crippen molar-refractivity contribution in [2.24, 2.45) is 5.92 Å². The van der Waals surface area contributed by atoms with E-state index in [1.54, 1.807) is 7.11 Å². The molecule has 0 bridgehead atoms. The molecule has 1 aliphatic heterocycles. The Morgan fingerprint density at radius 1 is 1.14 bits per heavy atom. The number of para-hydroxylation sites is 2. The highest BCUT2D eigenvalue weighted by atomic mass is 35.5. The second-order valence-corrected chi connectivity index (χ2v) is 8.36. The lowest BCUT2D eigenvalue weighted by Crippen LogP contribution is -2.29. The van der Waals surface area contributed by atoms with Crippen LogP contribution in [0.15, 0.2) is 54.6 Å². The molecular formula is C24H27ClN2O2. The quantitative estimate of drug-likeness (QED) is 0.508. The molecule has 0 saturated carbocycles. The molecule has 3 aromatic rings. The molecule has 2 aromatic carbocycles. The van der Waals surface area contributed by atoms with Gasteiger partial charge >= 0.3 is 0 Å². The van der Waals surface area contributed by atoms with Crippen LogP contribution in [-0.4, -0.2) is 29.6 Å². The average molecular weight is 411 g/mol. The Bertz CT molecular complexity index is 965. The number of hydrogen-bond acceptors (Lipinski definition) is 3. The summed E-state index contributed by atoms with van der Waals surface area (Å²) in [5.74, 6) is 1.69. The summed E-state index contributed by atoms with van der Waals surface area (Å²) in [4.78, 5) is 0. The van der Waals surface area contributed by atoms with Gasteiger partial charge in [0.15, 0.2) is 0 Å². The zero-order valence-electron chi connectivity index (χ0n) is 17.1. The molecule has 1 fully saturated rings. The number of halogens is 1. The first-order chi connectivity index (χ1) is 14.1. The van der Waals surface area contributed by atoms with Gasteiger partial charge in [-0.25, -0.2) is 4.68 Å². The van der Waals surface area contributed by atoms with Crippen LogP contribution < -0.4 is 4.74 Å². The van der Waals surface area contributed by atoms with E-state index >= 15 is 0 Å². The molecule has 0 spiro atoms. The summed E-state index contributed by atoms with van der Waals surface area (Å²) in [5, 5.41) is 5.78. The van der Waals surface area contributed by atoms with Gasteiger partial charge in [-0.1, -0.05) is 49.7 Å². The molecular weight excluding hydrogens is 384 g/mol. The molecule has 0 N–H and O–H groups in total. The first-order valence-electron chi connectivity index (χ1n) is 10.2. The van der Waals surface area contributed by atoms with Crippen molar-refractivity contribution in [2.45, 2.75) is 38.7 Å². The number of benzene rings is 2. The van der Waals surface area contributed by atoms with Crippen LogP contribution in [0.3, 0.4) is 0 Å². The SMILES string of the molecule is COc1ccccc1-n1nc([C@H]2CCO[C@H](C(C)C)C2)cc1-c1ccc(Cl)cc1. The van der Waals surface area contributed by atoms with Crippen LogP contribution in [0.4, 0.5) is 0 Å². The Morgan fingerprint density at radius 3 is 2.62 bits per heavy atom. The van der Waals surface area contributed by atoms with Gasteiger partial charge in [0, 0.05) is 23.1 Å². The third-order valence-corrected chi connectivity index (χ3v) is 5.91. The number of hydrogen-bond donors (Lipinski definition) is 0. The van der Waals surface area contributed by atoms with Crippen molar-refractivity contribution < 1.29 is 9.47 Å². The predicted octanol–water partition coefficient (Wildman–Crippen LogP) is 6.12. The van der Waals surface area contributed by atoms with E-state index in [0.717, 1.165) is 52.9 Å². The van der Waals surface area contributed by atoms with Crippen molar-refractivity contribution in [3.63, 3.8) is 0 Å². The standard InChI is InChI=1S/C24H27ClN2O2/c1-16(2)24-14-18(12-13-29-24)20-15-22(17-8-10-19(25)11-9-17)27(26-20)21-6-4-5-7-23(21)28-3/h4-11,15-16,18,24H,12-14H2,1-3H3/t18-,24-/m0/s1. The van der Waals surface area contributed by atoms with Crippen LogP contribution in [0, 0.1) is 5.92 Å². The van der Waals surface area contributed by atoms with Crippen molar-refractivity contribution in [1.82, 2.24) is 9.78 Å². The van der Waals surface area contributed by atoms with Crippen molar-refractivity contribution in [1.29, 1.82) is 0 Å². The van der Waals surface area contributed by atoms with Gasteiger partial charge < -0.3 is 9.47 Å². The molecule has 2 heterocycles. The third-order valence-electron chi connectivity index (χ3n) is 5.66. The maximum atomic E-state index is 6.12. The molecule has 4 nitrogen and oxygen atoms in total. The van der Waals surface area contributed by atoms with Crippen LogP contribution in [-0.2, 0) is 4.74 Å². The van der Waals surface area contributed by atoms with Crippen LogP contribution in [0.2, 0.25) is 5.02 Å². The summed E-state index contributed by atoms with van der Waals surface area (Å²) in [6.07, 6.45) is 2.27. The summed E-state index contributed by atoms with van der Waals surface area (Å²) in [5.41, 5.74) is 4.15. The van der Waals surface area contributed by atoms with Crippen molar-refractivity contribution in [3.05, 3.63) is 65.3 Å². The Hall–Kier alpha value is -2.30. The molecule has 1 aromatic heterocycles. The minimum absolute atomic E-state index is 0.282. The monoisotopic (exact) mass is 410 g/mol. The van der Waals surface area contributed by atoms with Gasteiger partial charge in [0.2, 0.25) is 0 Å².